The molecule has 0 radical (unpaired) electrons. The van der Waals surface area contributed by atoms with Crippen LogP contribution in [-0.4, -0.2) is 9.97 Å². The topological polar surface area (TPSA) is 75.9 Å². The molecule has 0 saturated heterocycles. The highest BCUT2D eigenvalue weighted by molar-refractivity contribution is 9.10. The molecule has 1 aromatic carbocycles. The minimum absolute atomic E-state index is 0.371. The highest BCUT2D eigenvalue weighted by Gasteiger charge is 2.05. The molecule has 4 N–H and O–H groups in total. The number of hydrogen-bond donors (Lipinski definition) is 3. The molecule has 0 fully saturated rings. The van der Waals surface area contributed by atoms with E-state index in [1.807, 2.05) is 0 Å². The van der Waals surface area contributed by atoms with Gasteiger partial charge in [-0.1, -0.05) is 25.5 Å². The van der Waals surface area contributed by atoms with Crippen molar-refractivity contribution in [1.29, 1.82) is 0 Å². The molecule has 0 aliphatic carbocycles. The lowest BCUT2D eigenvalue weighted by atomic mass is 10.1. The van der Waals surface area contributed by atoms with E-state index in [2.05, 4.69) is 67.8 Å². The van der Waals surface area contributed by atoms with E-state index in [0.29, 0.717) is 11.8 Å². The molecule has 0 amide bonds. The summed E-state index contributed by atoms with van der Waals surface area (Å²) in [6, 6.07) is 8.37. The van der Waals surface area contributed by atoms with Crippen LogP contribution in [-0.2, 0) is 6.42 Å². The Morgan fingerprint density at radius 3 is 2.65 bits per heavy atom. The van der Waals surface area contributed by atoms with Gasteiger partial charge in [-0.25, -0.2) is 10.8 Å². The van der Waals surface area contributed by atoms with Crippen molar-refractivity contribution in [1.82, 2.24) is 9.97 Å². The molecule has 0 atom stereocenters. The molecule has 20 heavy (non-hydrogen) atoms. The maximum Gasteiger partial charge on any atom is 0.239 e. The van der Waals surface area contributed by atoms with E-state index in [9.17, 15) is 0 Å². The Morgan fingerprint density at radius 2 is 2.00 bits per heavy atom. The lowest BCUT2D eigenvalue weighted by Gasteiger charge is -2.09. The molecule has 0 bridgehead atoms. The van der Waals surface area contributed by atoms with Gasteiger partial charge in [-0.2, -0.15) is 4.98 Å². The molecular weight excluding hydrogens is 318 g/mol. The van der Waals surface area contributed by atoms with E-state index in [1.165, 1.54) is 18.4 Å². The van der Waals surface area contributed by atoms with Crippen LogP contribution in [0.4, 0.5) is 17.5 Å². The van der Waals surface area contributed by atoms with Crippen LogP contribution in [0, 0.1) is 0 Å². The minimum atomic E-state index is 0.371. The van der Waals surface area contributed by atoms with Crippen LogP contribution in [0.15, 0.2) is 34.9 Å². The van der Waals surface area contributed by atoms with Crippen molar-refractivity contribution in [3.63, 3.8) is 0 Å². The molecule has 0 spiro atoms. The largest absolute Gasteiger partial charge is 0.339 e. The first-order chi connectivity index (χ1) is 9.72. The first-order valence-corrected chi connectivity index (χ1v) is 7.37. The van der Waals surface area contributed by atoms with E-state index in [-0.39, 0.29) is 0 Å². The van der Waals surface area contributed by atoms with Gasteiger partial charge in [0, 0.05) is 11.9 Å². The maximum absolute atomic E-state index is 5.31. The number of aromatic nitrogens is 2. The Kier molecular flexibility index (Phi) is 5.31. The first kappa shape index (κ1) is 14.7. The summed E-state index contributed by atoms with van der Waals surface area (Å²) >= 11 is 3.41. The van der Waals surface area contributed by atoms with Crippen LogP contribution in [0.25, 0.3) is 0 Å². The number of halogens is 1. The molecule has 1 aromatic heterocycles. The third kappa shape index (κ3) is 3.91. The van der Waals surface area contributed by atoms with Crippen LogP contribution in [0.2, 0.25) is 0 Å². The predicted molar refractivity (Wildman–Crippen MR) is 85.9 cm³/mol. The fourth-order valence-corrected chi connectivity index (χ4v) is 2.09. The second-order valence-corrected chi connectivity index (χ2v) is 5.31. The van der Waals surface area contributed by atoms with Gasteiger partial charge in [0.05, 0.1) is 4.47 Å². The fraction of sp³-hybridized carbons (Fsp3) is 0.286. The third-order valence-electron chi connectivity index (χ3n) is 2.91. The SMILES string of the molecule is CCCCc1ccc(Nc2nc(NN)ncc2Br)cc1. The number of nitrogens with two attached hydrogens (primary N) is 1. The third-order valence-corrected chi connectivity index (χ3v) is 3.49. The van der Waals surface area contributed by atoms with Gasteiger partial charge in [-0.15, -0.1) is 0 Å². The standard InChI is InChI=1S/C14H18BrN5/c1-2-3-4-10-5-7-11(8-6-10)18-13-12(15)9-17-14(19-13)20-16/h5-9H,2-4,16H2,1H3,(H2,17,18,19,20). The second kappa shape index (κ2) is 7.21. The van der Waals surface area contributed by atoms with E-state index in [0.717, 1.165) is 16.6 Å². The van der Waals surface area contributed by atoms with Gasteiger partial charge in [0.25, 0.3) is 0 Å². The van der Waals surface area contributed by atoms with E-state index in [1.54, 1.807) is 6.20 Å². The molecule has 2 rings (SSSR count). The maximum atomic E-state index is 5.31. The molecule has 1 heterocycles. The highest BCUT2D eigenvalue weighted by atomic mass is 79.9. The lowest BCUT2D eigenvalue weighted by Crippen LogP contribution is -2.11. The average molecular weight is 336 g/mol. The summed E-state index contributed by atoms with van der Waals surface area (Å²) in [7, 11) is 0. The van der Waals surface area contributed by atoms with E-state index >= 15 is 0 Å². The number of nitrogen functional groups attached to an aromatic ring is 1. The number of nitrogens with zero attached hydrogens (tertiary/aromatic N) is 2. The Balaban J connectivity index is 2.09. The summed E-state index contributed by atoms with van der Waals surface area (Å²) in [5.41, 5.74) is 4.76. The van der Waals surface area contributed by atoms with Crippen LogP contribution < -0.4 is 16.6 Å². The van der Waals surface area contributed by atoms with Crippen molar-refractivity contribution in [3.05, 3.63) is 40.5 Å². The molecule has 0 aliphatic heterocycles. The van der Waals surface area contributed by atoms with Crippen LogP contribution in [0.5, 0.6) is 0 Å². The Hall–Kier alpha value is -1.66. The van der Waals surface area contributed by atoms with Crippen molar-refractivity contribution >= 4 is 33.4 Å². The zero-order valence-electron chi connectivity index (χ0n) is 11.4. The van der Waals surface area contributed by atoms with Gasteiger partial charge in [-0.05, 0) is 46.5 Å². The number of nitrogens with one attached hydrogen (secondary N) is 2. The molecule has 106 valence electrons. The fourth-order valence-electron chi connectivity index (χ4n) is 1.80. The van der Waals surface area contributed by atoms with Gasteiger partial charge >= 0.3 is 0 Å². The molecule has 0 aliphatic rings. The van der Waals surface area contributed by atoms with Gasteiger partial charge in [0.15, 0.2) is 0 Å². The average Bonchev–Trinajstić information content (AvgIpc) is 2.49. The van der Waals surface area contributed by atoms with Gasteiger partial charge in [-0.3, -0.25) is 5.43 Å². The zero-order valence-corrected chi connectivity index (χ0v) is 12.9. The van der Waals surface area contributed by atoms with Crippen molar-refractivity contribution in [2.45, 2.75) is 26.2 Å². The monoisotopic (exact) mass is 335 g/mol. The molecule has 5 nitrogen and oxygen atoms in total. The summed E-state index contributed by atoms with van der Waals surface area (Å²) in [4.78, 5) is 8.27. The van der Waals surface area contributed by atoms with E-state index < -0.39 is 0 Å². The molecule has 0 saturated carbocycles. The smallest absolute Gasteiger partial charge is 0.239 e. The van der Waals surface area contributed by atoms with Crippen molar-refractivity contribution < 1.29 is 0 Å². The van der Waals surface area contributed by atoms with Gasteiger partial charge < -0.3 is 5.32 Å². The zero-order chi connectivity index (χ0) is 14.4. The summed E-state index contributed by atoms with van der Waals surface area (Å²) in [6.07, 6.45) is 5.20. The number of hydrazine groups is 1. The van der Waals surface area contributed by atoms with Gasteiger partial charge in [0.2, 0.25) is 5.95 Å². The Bertz CT molecular complexity index is 556. The number of aryl methyl sites for hydroxylation is 1. The minimum Gasteiger partial charge on any atom is -0.339 e. The van der Waals surface area contributed by atoms with Crippen molar-refractivity contribution in [2.75, 3.05) is 10.7 Å². The first-order valence-electron chi connectivity index (χ1n) is 6.58. The number of unbranched alkanes of at least 4 members (excludes halogenated alkanes) is 1. The molecular formula is C14H18BrN5. The van der Waals surface area contributed by atoms with Crippen LogP contribution >= 0.6 is 15.9 Å². The highest BCUT2D eigenvalue weighted by Crippen LogP contribution is 2.24. The lowest BCUT2D eigenvalue weighted by molar-refractivity contribution is 0.795. The predicted octanol–water partition coefficient (Wildman–Crippen LogP) is 3.61. The van der Waals surface area contributed by atoms with Crippen LogP contribution in [0.1, 0.15) is 25.3 Å². The van der Waals surface area contributed by atoms with Crippen molar-refractivity contribution in [3.8, 4) is 0 Å². The summed E-state index contributed by atoms with van der Waals surface area (Å²) in [5, 5.41) is 3.24. The molecule has 0 unspecified atom stereocenters. The van der Waals surface area contributed by atoms with Gasteiger partial charge in [0.1, 0.15) is 5.82 Å². The number of benzene rings is 1. The summed E-state index contributed by atoms with van der Waals surface area (Å²) < 4.78 is 0.784. The molecule has 6 heteroatoms. The molecule has 2 aromatic rings. The normalized spacial score (nSPS) is 10.3. The van der Waals surface area contributed by atoms with E-state index in [4.69, 9.17) is 5.84 Å². The summed E-state index contributed by atoms with van der Waals surface area (Å²) in [6.45, 7) is 2.20. The number of anilines is 3. The number of rotatable bonds is 6. The van der Waals surface area contributed by atoms with Crippen molar-refractivity contribution in [2.24, 2.45) is 5.84 Å². The Morgan fingerprint density at radius 1 is 1.25 bits per heavy atom. The second-order valence-electron chi connectivity index (χ2n) is 4.46. The van der Waals surface area contributed by atoms with Crippen LogP contribution in [0.3, 0.4) is 0 Å². The number of hydrogen-bond acceptors (Lipinski definition) is 5. The summed E-state index contributed by atoms with van der Waals surface area (Å²) in [5.74, 6) is 6.36. The Labute approximate surface area is 127 Å². The quantitative estimate of drug-likeness (QED) is 0.555.